The molecule has 111 heavy (non-hydrogen) atoms. The Hall–Kier alpha value is -11.5. The van der Waals surface area contributed by atoms with Crippen molar-refractivity contribution in [3.05, 3.63) is 413 Å². The Balaban J connectivity index is 0.813. The summed E-state index contributed by atoms with van der Waals surface area (Å²) < 4.78 is 20.2. The summed E-state index contributed by atoms with van der Waals surface area (Å²) in [6.45, 7) is 4.47. The summed E-state index contributed by atoms with van der Waals surface area (Å²) in [5, 5.41) is 0.453. The van der Waals surface area contributed by atoms with E-state index in [1.807, 2.05) is 0 Å². The second kappa shape index (κ2) is 20.9. The van der Waals surface area contributed by atoms with Crippen LogP contribution in [-0.2, 0) is 16.2 Å². The first-order valence-electron chi connectivity index (χ1n) is 37.9. The number of aryl methyl sites for hydroxylation is 2. The van der Waals surface area contributed by atoms with E-state index < -0.39 is 34.5 Å². The van der Waals surface area contributed by atoms with Crippen LogP contribution in [0.1, 0.15) is 77.9 Å². The van der Waals surface area contributed by atoms with Crippen molar-refractivity contribution < 1.29 is 6.03 Å². The average Bonchev–Trinajstić information content (AvgIpc) is 1.60. The third-order valence-corrected chi connectivity index (χ3v) is 42.2. The van der Waals surface area contributed by atoms with Crippen LogP contribution >= 0.6 is 46.4 Å². The fourth-order valence-corrected chi connectivity index (χ4v) is 40.7. The number of hydrogen-bond donors (Lipinski definition) is 0. The Morgan fingerprint density at radius 1 is 0.225 bits per heavy atom. The molecule has 0 unspecified atom stereocenters. The molecule has 5 nitrogen and oxygen atoms in total. The number of halogens is 4. The van der Waals surface area contributed by atoms with Gasteiger partial charge in [-0.25, -0.2) is 0 Å². The van der Waals surface area contributed by atoms with Crippen molar-refractivity contribution in [2.75, 3.05) is 14.7 Å². The van der Waals surface area contributed by atoms with Crippen LogP contribution in [0.3, 0.4) is 0 Å². The van der Waals surface area contributed by atoms with Crippen molar-refractivity contribution in [2.45, 2.75) is 30.1 Å². The van der Waals surface area contributed by atoms with Gasteiger partial charge in [-0.15, -0.1) is 0 Å². The molecule has 0 saturated heterocycles. The quantitative estimate of drug-likeness (QED) is 0.0999. The number of anilines is 9. The maximum atomic E-state index is 8.74. The number of fused-ring (bicyclic) bond motifs is 31. The molecule has 0 fully saturated rings. The van der Waals surface area contributed by atoms with E-state index in [1.165, 1.54) is 134 Å². The van der Waals surface area contributed by atoms with E-state index in [2.05, 4.69) is 344 Å². The monoisotopic (exact) mass is 1610 g/mol. The standard InChI is InChI=1S/C95H58N3.C6H2Cl4O2.Sb/c1-58-48-65-53-67(50-58)98(64-44-47-80-77-32-11-20-41-89(77)95(92(80)57-64)85-37-16-7-28-73(85)74-29-8-17-38-86(74)95)68-51-59(2)49-66(54-68)97(63-43-46-79-76-31-10-19-40-88(76)94(91(79)56-63)83-35-14-5-26-71(83)72-27-6-15-36-84(72)94)61-23-21-22-60(52-61)96(65)62-42-45-78-75-30-9-18-39-87(75)93(90(78)55-62)81-33-12-3-24-69(81)70-25-4-13-34-82(70)93;7-1-2(8)4(10)6(12)5(11)3(1)9;/h3-51,55-57H,1-2H3;11-12H;/q;;+2/p-2. The van der Waals surface area contributed by atoms with Gasteiger partial charge in [0, 0.05) is 0 Å². The number of benzene rings is 16. The normalized spacial score (nSPS) is 16.7. The van der Waals surface area contributed by atoms with E-state index in [-0.39, 0.29) is 31.6 Å². The minimum atomic E-state index is -6.81. The van der Waals surface area contributed by atoms with Crippen LogP contribution in [0.5, 0.6) is 11.5 Å². The number of nitrogens with zero attached hydrogens (tertiary/aromatic N) is 3. The van der Waals surface area contributed by atoms with E-state index in [9.17, 15) is 0 Å². The summed E-state index contributed by atoms with van der Waals surface area (Å²) in [5.74, 6) is 0.539. The molecule has 10 aliphatic rings. The van der Waals surface area contributed by atoms with Crippen LogP contribution in [0.4, 0.5) is 51.2 Å². The molecular weight excluding hydrogens is 1550 g/mol. The molecular formula is C101H58Cl4N3O2Sb. The first-order chi connectivity index (χ1) is 54.5. The maximum absolute atomic E-state index is 8.74. The molecule has 522 valence electrons. The fraction of sp³-hybridized carbons (Fsp3) is 0.0495. The third kappa shape index (κ3) is 6.90. The van der Waals surface area contributed by atoms with Gasteiger partial charge in [0.15, 0.2) is 0 Å². The first kappa shape index (κ1) is 62.3. The van der Waals surface area contributed by atoms with E-state index in [1.54, 1.807) is 0 Å². The Morgan fingerprint density at radius 3 is 0.694 bits per heavy atom. The zero-order chi connectivity index (χ0) is 73.3. The fourth-order valence-electron chi connectivity index (χ4n) is 22.9. The van der Waals surface area contributed by atoms with Gasteiger partial charge < -0.3 is 0 Å². The predicted molar refractivity (Wildman–Crippen MR) is 455 cm³/mol. The second-order valence-corrected chi connectivity index (χ2v) is 43.2. The third-order valence-electron chi connectivity index (χ3n) is 26.5. The molecule has 0 N–H and O–H groups in total. The summed E-state index contributed by atoms with van der Waals surface area (Å²) in [4.78, 5) is 7.63. The Kier molecular flexibility index (Phi) is 11.7. The van der Waals surface area contributed by atoms with E-state index in [4.69, 9.17) is 52.4 Å². The molecule has 0 amide bonds. The van der Waals surface area contributed by atoms with Gasteiger partial charge in [-0.1, -0.05) is 0 Å². The van der Waals surface area contributed by atoms with Crippen LogP contribution in [0, 0.1) is 13.8 Å². The molecule has 16 aromatic carbocycles. The molecule has 16 aromatic rings. The Morgan fingerprint density at radius 2 is 0.441 bits per heavy atom. The number of rotatable bonds is 3. The van der Waals surface area contributed by atoms with Crippen LogP contribution in [0.25, 0.3) is 66.8 Å². The molecule has 0 aromatic heterocycles. The van der Waals surface area contributed by atoms with Crippen molar-refractivity contribution in [1.82, 2.24) is 0 Å². The van der Waals surface area contributed by atoms with Gasteiger partial charge in [-0.05, 0) is 0 Å². The summed E-state index contributed by atoms with van der Waals surface area (Å²) in [7, 11) is 0. The summed E-state index contributed by atoms with van der Waals surface area (Å²) >= 11 is 23.7. The van der Waals surface area contributed by atoms with Crippen LogP contribution in [-0.4, -0.2) is 18.2 Å². The van der Waals surface area contributed by atoms with Gasteiger partial charge in [0.05, 0.1) is 0 Å². The Labute approximate surface area is 663 Å². The molecule has 4 aliphatic heterocycles. The van der Waals surface area contributed by atoms with Crippen molar-refractivity contribution in [3.63, 3.8) is 0 Å². The van der Waals surface area contributed by atoms with E-state index in [0.717, 1.165) is 72.8 Å². The molecule has 6 aliphatic carbocycles. The van der Waals surface area contributed by atoms with Crippen molar-refractivity contribution in [2.24, 2.45) is 0 Å². The zero-order valence-corrected chi connectivity index (χ0v) is 65.2. The van der Waals surface area contributed by atoms with Gasteiger partial charge in [0.1, 0.15) is 0 Å². The predicted octanol–water partition coefficient (Wildman–Crippen LogP) is 25.2. The van der Waals surface area contributed by atoms with E-state index in [0.29, 0.717) is 0 Å². The molecule has 4 heterocycles. The Bertz CT molecular complexity index is 6650. The van der Waals surface area contributed by atoms with Crippen LogP contribution in [0.2, 0.25) is 20.1 Å². The summed E-state index contributed by atoms with van der Waals surface area (Å²) in [6.07, 6.45) is 0. The topological polar surface area (TPSA) is 28.2 Å². The minimum absolute atomic E-state index is 0.0918. The number of hydrogen-bond acceptors (Lipinski definition) is 5. The van der Waals surface area contributed by atoms with Gasteiger partial charge in [0.25, 0.3) is 0 Å². The van der Waals surface area contributed by atoms with Crippen molar-refractivity contribution >= 4 is 126 Å². The molecule has 0 saturated carbocycles. The zero-order valence-electron chi connectivity index (χ0n) is 59.6. The van der Waals surface area contributed by atoms with E-state index >= 15 is 0 Å². The summed E-state index contributed by atoms with van der Waals surface area (Å²) in [6, 6.07) is 120. The molecule has 0 bridgehead atoms. The van der Waals surface area contributed by atoms with Gasteiger partial charge in [-0.2, -0.15) is 0 Å². The summed E-state index contributed by atoms with van der Waals surface area (Å²) in [5.41, 5.74) is 38.2. The van der Waals surface area contributed by atoms with Crippen LogP contribution < -0.4 is 31.3 Å². The van der Waals surface area contributed by atoms with Crippen molar-refractivity contribution in [1.29, 1.82) is 0 Å². The first-order valence-corrected chi connectivity index (χ1v) is 45.4. The van der Waals surface area contributed by atoms with Crippen LogP contribution in [0.15, 0.2) is 315 Å². The molecule has 0 radical (unpaired) electrons. The van der Waals surface area contributed by atoms with Gasteiger partial charge in [0.2, 0.25) is 0 Å². The molecule has 0 atom stereocenters. The van der Waals surface area contributed by atoms with Crippen molar-refractivity contribution in [3.8, 4) is 78.3 Å². The average molecular weight is 1610 g/mol. The molecule has 26 rings (SSSR count). The van der Waals surface area contributed by atoms with Gasteiger partial charge in [-0.3, -0.25) is 0 Å². The molecule has 4 spiro atoms. The SMILES string of the molecule is Cc1cc2[c]3c(c1)N(c1ccc4c(c1)C1(c5ccccc5-c5ccccc51)c1ccccc1-4)c1cc(C)cc4[c]1[Sb]31([O]c3c(Cl)c(Cl)c(Cl)c(Cl)c3[O]1)[c]1c(cccc1N4c1ccc3c(c1)C1(c4ccccc4-c4ccccc41)c1ccccc1-3)N2c1ccc2c(c1)C1(c3ccccc3-c3ccccc31)c1ccccc1-2. The second-order valence-electron chi connectivity index (χ2n) is 31.4. The van der Waals surface area contributed by atoms with Gasteiger partial charge >= 0.3 is 669 Å². The molecule has 10 heteroatoms.